The maximum absolute atomic E-state index is 12.8. The molecule has 1 aromatic rings. The van der Waals surface area contributed by atoms with E-state index in [4.69, 9.17) is 4.74 Å². The maximum atomic E-state index is 12.8. The van der Waals surface area contributed by atoms with Crippen molar-refractivity contribution in [3.8, 4) is 0 Å². The van der Waals surface area contributed by atoms with Crippen molar-refractivity contribution in [3.05, 3.63) is 35.6 Å². The molecule has 21 heavy (non-hydrogen) atoms. The van der Waals surface area contributed by atoms with Crippen LogP contribution in [0.2, 0.25) is 0 Å². The molecule has 0 bridgehead atoms. The van der Waals surface area contributed by atoms with Gasteiger partial charge in [-0.1, -0.05) is 12.1 Å². The van der Waals surface area contributed by atoms with Crippen LogP contribution in [0.15, 0.2) is 24.3 Å². The molecular weight excluding hydrogens is 297 g/mol. The van der Waals surface area contributed by atoms with Gasteiger partial charge in [0.15, 0.2) is 0 Å². The van der Waals surface area contributed by atoms with E-state index >= 15 is 0 Å². The molecule has 1 aromatic carbocycles. The molecule has 3 N–H and O–H groups in total. The van der Waals surface area contributed by atoms with Gasteiger partial charge in [-0.15, -0.1) is 12.4 Å². The number of methoxy groups -OCH3 is 1. The lowest BCUT2D eigenvalue weighted by Gasteiger charge is -2.28. The molecule has 120 valence electrons. The Balaban J connectivity index is 0.00000220. The predicted molar refractivity (Wildman–Crippen MR) is 80.9 cm³/mol. The second-order valence-electron chi connectivity index (χ2n) is 5.71. The number of hydrogen-bond acceptors (Lipinski definition) is 4. The first-order chi connectivity index (χ1) is 9.54. The van der Waals surface area contributed by atoms with Crippen LogP contribution in [0.3, 0.4) is 0 Å². The van der Waals surface area contributed by atoms with Gasteiger partial charge in [-0.2, -0.15) is 0 Å². The summed E-state index contributed by atoms with van der Waals surface area (Å²) >= 11 is 0. The van der Waals surface area contributed by atoms with E-state index in [2.05, 4.69) is 5.32 Å². The van der Waals surface area contributed by atoms with Crippen LogP contribution in [0.4, 0.5) is 4.39 Å². The lowest BCUT2D eigenvalue weighted by Crippen LogP contribution is -2.36. The van der Waals surface area contributed by atoms with Crippen molar-refractivity contribution in [3.63, 3.8) is 0 Å². The molecule has 3 atom stereocenters. The van der Waals surface area contributed by atoms with Gasteiger partial charge in [0, 0.05) is 25.6 Å². The third-order valence-electron chi connectivity index (χ3n) is 3.92. The summed E-state index contributed by atoms with van der Waals surface area (Å²) in [7, 11) is 1.62. The highest BCUT2D eigenvalue weighted by Crippen LogP contribution is 2.38. The molecule has 0 amide bonds. The zero-order chi connectivity index (χ0) is 14.6. The fourth-order valence-corrected chi connectivity index (χ4v) is 2.94. The minimum Gasteiger partial charge on any atom is -0.390 e. The highest BCUT2D eigenvalue weighted by atomic mass is 35.5. The smallest absolute Gasteiger partial charge is 0.123 e. The quantitative estimate of drug-likeness (QED) is 0.743. The molecule has 0 saturated heterocycles. The lowest BCUT2D eigenvalue weighted by atomic mass is 9.86. The first-order valence-corrected chi connectivity index (χ1v) is 6.85. The average Bonchev–Trinajstić information content (AvgIpc) is 2.68. The van der Waals surface area contributed by atoms with Gasteiger partial charge in [-0.05, 0) is 30.5 Å². The molecule has 1 aliphatic rings. The summed E-state index contributed by atoms with van der Waals surface area (Å²) in [4.78, 5) is 0. The second-order valence-corrected chi connectivity index (χ2v) is 5.71. The lowest BCUT2D eigenvalue weighted by molar-refractivity contribution is 0.0438. The van der Waals surface area contributed by atoms with E-state index in [1.807, 2.05) is 0 Å². The van der Waals surface area contributed by atoms with E-state index in [1.54, 1.807) is 19.2 Å². The summed E-state index contributed by atoms with van der Waals surface area (Å²) in [5.74, 6) is -0.244. The summed E-state index contributed by atoms with van der Waals surface area (Å²) in [5, 5.41) is 22.8. The average molecular weight is 320 g/mol. The standard InChI is InChI=1S/C15H22FNO3.ClH/c1-20-10-15(6-13(18)14(19)7-15)9-17-8-11-2-4-12(16)5-3-11;/h2-5,13-14,17-19H,6-10H2,1H3;1H/t13-,14+,15?;. The van der Waals surface area contributed by atoms with Crippen LogP contribution >= 0.6 is 12.4 Å². The van der Waals surface area contributed by atoms with Crippen molar-refractivity contribution < 1.29 is 19.3 Å². The molecule has 4 nitrogen and oxygen atoms in total. The Morgan fingerprint density at radius 3 is 2.33 bits per heavy atom. The molecule has 0 spiro atoms. The molecule has 2 rings (SSSR count). The molecule has 1 fully saturated rings. The van der Waals surface area contributed by atoms with Crippen molar-refractivity contribution in [2.45, 2.75) is 31.6 Å². The second kappa shape index (κ2) is 8.06. The minimum atomic E-state index is -0.683. The van der Waals surface area contributed by atoms with Gasteiger partial charge in [-0.25, -0.2) is 4.39 Å². The van der Waals surface area contributed by atoms with Crippen LogP contribution in [0.5, 0.6) is 0 Å². The number of benzene rings is 1. The Morgan fingerprint density at radius 1 is 1.24 bits per heavy atom. The van der Waals surface area contributed by atoms with Gasteiger partial charge in [0.2, 0.25) is 0 Å². The Bertz CT molecular complexity index is 419. The van der Waals surface area contributed by atoms with Gasteiger partial charge in [-0.3, -0.25) is 0 Å². The van der Waals surface area contributed by atoms with Gasteiger partial charge < -0.3 is 20.3 Å². The molecule has 1 unspecified atom stereocenters. The van der Waals surface area contributed by atoms with Crippen LogP contribution in [-0.4, -0.2) is 42.7 Å². The van der Waals surface area contributed by atoms with Crippen molar-refractivity contribution in [2.75, 3.05) is 20.3 Å². The predicted octanol–water partition coefficient (Wildman–Crippen LogP) is 1.49. The normalized spacial score (nSPS) is 28.4. The van der Waals surface area contributed by atoms with E-state index < -0.39 is 12.2 Å². The van der Waals surface area contributed by atoms with Crippen molar-refractivity contribution in [1.82, 2.24) is 5.32 Å². The van der Waals surface area contributed by atoms with E-state index in [-0.39, 0.29) is 23.6 Å². The summed E-state index contributed by atoms with van der Waals surface area (Å²) < 4.78 is 18.0. The van der Waals surface area contributed by atoms with E-state index in [0.29, 0.717) is 32.5 Å². The number of aliphatic hydroxyl groups is 2. The highest BCUT2D eigenvalue weighted by molar-refractivity contribution is 5.85. The van der Waals surface area contributed by atoms with Crippen LogP contribution < -0.4 is 5.32 Å². The van der Waals surface area contributed by atoms with Crippen molar-refractivity contribution >= 4 is 12.4 Å². The highest BCUT2D eigenvalue weighted by Gasteiger charge is 2.43. The van der Waals surface area contributed by atoms with Crippen LogP contribution in [0.25, 0.3) is 0 Å². The zero-order valence-corrected chi connectivity index (χ0v) is 12.9. The largest absolute Gasteiger partial charge is 0.390 e. The molecule has 1 saturated carbocycles. The summed E-state index contributed by atoms with van der Waals surface area (Å²) in [6.45, 7) is 1.77. The molecule has 0 aromatic heterocycles. The Morgan fingerprint density at radius 2 is 1.81 bits per heavy atom. The van der Waals surface area contributed by atoms with Gasteiger partial charge >= 0.3 is 0 Å². The first kappa shape index (κ1) is 18.3. The molecule has 0 radical (unpaired) electrons. The number of halogens is 2. The van der Waals surface area contributed by atoms with E-state index in [1.165, 1.54) is 12.1 Å². The number of nitrogens with one attached hydrogen (secondary N) is 1. The summed E-state index contributed by atoms with van der Waals surface area (Å²) in [6, 6.07) is 6.35. The fourth-order valence-electron chi connectivity index (χ4n) is 2.94. The van der Waals surface area contributed by atoms with Crippen LogP contribution in [-0.2, 0) is 11.3 Å². The van der Waals surface area contributed by atoms with Crippen LogP contribution in [0, 0.1) is 11.2 Å². The van der Waals surface area contributed by atoms with Gasteiger partial charge in [0.05, 0.1) is 18.8 Å². The number of ether oxygens (including phenoxy) is 1. The molecule has 1 aliphatic carbocycles. The molecule has 0 heterocycles. The first-order valence-electron chi connectivity index (χ1n) is 6.85. The Hall–Kier alpha value is -0.720. The molecule has 6 heteroatoms. The van der Waals surface area contributed by atoms with Crippen molar-refractivity contribution in [2.24, 2.45) is 5.41 Å². The van der Waals surface area contributed by atoms with Crippen LogP contribution in [0.1, 0.15) is 18.4 Å². The number of hydrogen-bond donors (Lipinski definition) is 3. The SMILES string of the molecule is COCC1(CNCc2ccc(F)cc2)C[C@@H](O)[C@@H](O)C1.Cl. The molecule has 0 aliphatic heterocycles. The van der Waals surface area contributed by atoms with Gasteiger partial charge in [0.25, 0.3) is 0 Å². The Labute approximate surface area is 130 Å². The van der Waals surface area contributed by atoms with Crippen molar-refractivity contribution in [1.29, 1.82) is 0 Å². The summed E-state index contributed by atoms with van der Waals surface area (Å²) in [6.07, 6.45) is -0.313. The minimum absolute atomic E-state index is 0. The van der Waals surface area contributed by atoms with E-state index in [9.17, 15) is 14.6 Å². The zero-order valence-electron chi connectivity index (χ0n) is 12.1. The number of aliphatic hydroxyl groups excluding tert-OH is 2. The Kier molecular flexibility index (Phi) is 7.03. The monoisotopic (exact) mass is 319 g/mol. The van der Waals surface area contributed by atoms with E-state index in [0.717, 1.165) is 5.56 Å². The third kappa shape index (κ3) is 4.90. The summed E-state index contributed by atoms with van der Waals surface area (Å²) in [5.41, 5.74) is 0.756. The third-order valence-corrected chi connectivity index (χ3v) is 3.92. The topological polar surface area (TPSA) is 61.7 Å². The maximum Gasteiger partial charge on any atom is 0.123 e. The van der Waals surface area contributed by atoms with Gasteiger partial charge in [0.1, 0.15) is 5.82 Å². The fraction of sp³-hybridized carbons (Fsp3) is 0.600. The number of rotatable bonds is 6. The molecular formula is C15H23ClFNO3.